The molecule has 4 rings (SSSR count). The van der Waals surface area contributed by atoms with E-state index in [1.807, 2.05) is 55.5 Å². The SMILES string of the molecule is COc1ccc2c(c1)OCC(C=C1N=C(c3cccc(C)c3)OC1=O)=C2. The van der Waals surface area contributed by atoms with E-state index in [0.29, 0.717) is 12.5 Å². The molecule has 0 bridgehead atoms. The summed E-state index contributed by atoms with van der Waals surface area (Å²) in [5.74, 6) is 1.37. The molecular formula is C21H17NO4. The minimum Gasteiger partial charge on any atom is -0.497 e. The number of benzene rings is 2. The van der Waals surface area contributed by atoms with Gasteiger partial charge in [0, 0.05) is 17.2 Å². The van der Waals surface area contributed by atoms with Crippen LogP contribution in [0.25, 0.3) is 6.08 Å². The number of ether oxygens (including phenoxy) is 3. The minimum absolute atomic E-state index is 0.272. The standard InChI is InChI=1S/C21H17NO4/c1-13-4-3-5-16(8-13)20-22-18(21(23)26-20)10-14-9-15-6-7-17(24-2)11-19(15)25-12-14/h3-11H,12H2,1-2H3. The van der Waals surface area contributed by atoms with Crippen molar-refractivity contribution in [1.82, 2.24) is 0 Å². The lowest BCUT2D eigenvalue weighted by Crippen LogP contribution is -2.08. The summed E-state index contributed by atoms with van der Waals surface area (Å²) < 4.78 is 16.3. The molecule has 2 heterocycles. The number of aryl methyl sites for hydroxylation is 1. The molecule has 0 aliphatic carbocycles. The third-order valence-corrected chi connectivity index (χ3v) is 4.16. The van der Waals surface area contributed by atoms with Gasteiger partial charge in [0.05, 0.1) is 7.11 Å². The number of nitrogens with zero attached hydrogens (tertiary/aromatic N) is 1. The van der Waals surface area contributed by atoms with Gasteiger partial charge in [0.25, 0.3) is 0 Å². The Morgan fingerprint density at radius 1 is 1.19 bits per heavy atom. The van der Waals surface area contributed by atoms with Crippen LogP contribution < -0.4 is 9.47 Å². The van der Waals surface area contributed by atoms with Crippen molar-refractivity contribution in [3.8, 4) is 11.5 Å². The predicted molar refractivity (Wildman–Crippen MR) is 98.4 cm³/mol. The molecule has 0 aromatic heterocycles. The van der Waals surface area contributed by atoms with Crippen molar-refractivity contribution in [2.45, 2.75) is 6.92 Å². The Morgan fingerprint density at radius 3 is 2.88 bits per heavy atom. The Hall–Kier alpha value is -3.34. The van der Waals surface area contributed by atoms with Crippen LogP contribution >= 0.6 is 0 Å². The van der Waals surface area contributed by atoms with E-state index < -0.39 is 5.97 Å². The Balaban J connectivity index is 1.63. The second-order valence-corrected chi connectivity index (χ2v) is 6.12. The number of carbonyl (C=O) groups is 1. The van der Waals surface area contributed by atoms with Gasteiger partial charge in [0.1, 0.15) is 18.1 Å². The first-order valence-corrected chi connectivity index (χ1v) is 8.23. The molecule has 0 fully saturated rings. The van der Waals surface area contributed by atoms with Gasteiger partial charge in [-0.15, -0.1) is 0 Å². The summed E-state index contributed by atoms with van der Waals surface area (Å²) in [5.41, 5.74) is 3.91. The van der Waals surface area contributed by atoms with E-state index in [1.54, 1.807) is 13.2 Å². The van der Waals surface area contributed by atoms with Crippen molar-refractivity contribution in [2.75, 3.05) is 13.7 Å². The van der Waals surface area contributed by atoms with Gasteiger partial charge in [-0.3, -0.25) is 0 Å². The zero-order valence-corrected chi connectivity index (χ0v) is 14.5. The molecule has 0 unspecified atom stereocenters. The van der Waals surface area contributed by atoms with Crippen molar-refractivity contribution in [3.05, 3.63) is 76.5 Å². The molecule has 0 radical (unpaired) electrons. The number of hydrogen-bond acceptors (Lipinski definition) is 5. The van der Waals surface area contributed by atoms with Gasteiger partial charge in [-0.05, 0) is 48.9 Å². The van der Waals surface area contributed by atoms with Gasteiger partial charge in [0.15, 0.2) is 5.70 Å². The lowest BCUT2D eigenvalue weighted by molar-refractivity contribution is -0.130. The van der Waals surface area contributed by atoms with Crippen LogP contribution in [0.5, 0.6) is 11.5 Å². The van der Waals surface area contributed by atoms with Gasteiger partial charge in [-0.2, -0.15) is 0 Å². The highest BCUT2D eigenvalue weighted by Gasteiger charge is 2.25. The highest BCUT2D eigenvalue weighted by Crippen LogP contribution is 2.31. The molecule has 0 N–H and O–H groups in total. The quantitative estimate of drug-likeness (QED) is 0.628. The first-order valence-electron chi connectivity index (χ1n) is 8.23. The molecule has 0 spiro atoms. The van der Waals surface area contributed by atoms with Crippen LogP contribution in [-0.4, -0.2) is 25.6 Å². The van der Waals surface area contributed by atoms with Crippen LogP contribution in [0.2, 0.25) is 0 Å². The van der Waals surface area contributed by atoms with E-state index in [2.05, 4.69) is 4.99 Å². The van der Waals surface area contributed by atoms with Crippen molar-refractivity contribution in [3.63, 3.8) is 0 Å². The maximum Gasteiger partial charge on any atom is 0.363 e. The van der Waals surface area contributed by atoms with E-state index in [4.69, 9.17) is 14.2 Å². The molecule has 130 valence electrons. The fourth-order valence-corrected chi connectivity index (χ4v) is 2.86. The Bertz CT molecular complexity index is 985. The summed E-state index contributed by atoms with van der Waals surface area (Å²) in [6, 6.07) is 13.3. The predicted octanol–water partition coefficient (Wildman–Crippen LogP) is 3.67. The van der Waals surface area contributed by atoms with E-state index >= 15 is 0 Å². The number of hydrogen-bond donors (Lipinski definition) is 0. The van der Waals surface area contributed by atoms with Crippen LogP contribution in [0.4, 0.5) is 0 Å². The third-order valence-electron chi connectivity index (χ3n) is 4.16. The van der Waals surface area contributed by atoms with Crippen molar-refractivity contribution >= 4 is 17.9 Å². The second-order valence-electron chi connectivity index (χ2n) is 6.12. The number of rotatable bonds is 3. The summed E-state index contributed by atoms with van der Waals surface area (Å²) >= 11 is 0. The monoisotopic (exact) mass is 347 g/mol. The molecule has 5 heteroatoms. The average Bonchev–Trinajstić information content (AvgIpc) is 3.02. The van der Waals surface area contributed by atoms with Crippen molar-refractivity contribution in [2.24, 2.45) is 4.99 Å². The molecule has 2 aromatic carbocycles. The average molecular weight is 347 g/mol. The molecule has 0 atom stereocenters. The number of fused-ring (bicyclic) bond motifs is 1. The van der Waals surface area contributed by atoms with Crippen LogP contribution in [0.1, 0.15) is 16.7 Å². The topological polar surface area (TPSA) is 57.1 Å². The van der Waals surface area contributed by atoms with Gasteiger partial charge in [-0.25, -0.2) is 9.79 Å². The smallest absolute Gasteiger partial charge is 0.363 e. The van der Waals surface area contributed by atoms with Crippen molar-refractivity contribution < 1.29 is 19.0 Å². The third kappa shape index (κ3) is 3.11. The fraction of sp³-hybridized carbons (Fsp3) is 0.143. The van der Waals surface area contributed by atoms with Gasteiger partial charge < -0.3 is 14.2 Å². The minimum atomic E-state index is -0.456. The zero-order chi connectivity index (χ0) is 18.1. The summed E-state index contributed by atoms with van der Waals surface area (Å²) in [4.78, 5) is 16.5. The molecule has 2 aromatic rings. The highest BCUT2D eigenvalue weighted by molar-refractivity contribution is 6.11. The summed E-state index contributed by atoms with van der Waals surface area (Å²) in [7, 11) is 1.62. The largest absolute Gasteiger partial charge is 0.497 e. The molecule has 2 aliphatic heterocycles. The van der Waals surface area contributed by atoms with Gasteiger partial charge in [-0.1, -0.05) is 17.7 Å². The van der Waals surface area contributed by atoms with Gasteiger partial charge in [0.2, 0.25) is 5.90 Å². The van der Waals surface area contributed by atoms with E-state index in [1.165, 1.54) is 0 Å². The first-order chi connectivity index (χ1) is 12.6. The number of methoxy groups -OCH3 is 1. The molecule has 0 saturated heterocycles. The number of cyclic esters (lactones) is 1. The molecule has 26 heavy (non-hydrogen) atoms. The number of carbonyl (C=O) groups excluding carboxylic acids is 1. The Labute approximate surface area is 151 Å². The summed E-state index contributed by atoms with van der Waals surface area (Å²) in [6.45, 7) is 2.33. The lowest BCUT2D eigenvalue weighted by Gasteiger charge is -2.16. The van der Waals surface area contributed by atoms with Crippen LogP contribution in [0.15, 0.2) is 64.8 Å². The van der Waals surface area contributed by atoms with E-state index in [-0.39, 0.29) is 5.70 Å². The van der Waals surface area contributed by atoms with Crippen LogP contribution in [0, 0.1) is 6.92 Å². The number of esters is 1. The summed E-state index contributed by atoms with van der Waals surface area (Å²) in [5, 5.41) is 0. The fourth-order valence-electron chi connectivity index (χ4n) is 2.86. The summed E-state index contributed by atoms with van der Waals surface area (Å²) in [6.07, 6.45) is 3.68. The van der Waals surface area contributed by atoms with E-state index in [9.17, 15) is 4.79 Å². The molecule has 0 amide bonds. The maximum absolute atomic E-state index is 12.2. The van der Waals surface area contributed by atoms with Gasteiger partial charge >= 0.3 is 5.97 Å². The van der Waals surface area contributed by atoms with Crippen LogP contribution in [0.3, 0.4) is 0 Å². The van der Waals surface area contributed by atoms with Crippen molar-refractivity contribution in [1.29, 1.82) is 0 Å². The highest BCUT2D eigenvalue weighted by atomic mass is 16.6. The Kier molecular flexibility index (Phi) is 4.05. The lowest BCUT2D eigenvalue weighted by atomic mass is 10.1. The Morgan fingerprint density at radius 2 is 2.08 bits per heavy atom. The van der Waals surface area contributed by atoms with Crippen LogP contribution in [-0.2, 0) is 9.53 Å². The first kappa shape index (κ1) is 16.1. The molecule has 0 saturated carbocycles. The zero-order valence-electron chi connectivity index (χ0n) is 14.5. The number of aliphatic imine (C=N–C) groups is 1. The maximum atomic E-state index is 12.2. The molecular weight excluding hydrogens is 330 g/mol. The van der Waals surface area contributed by atoms with E-state index in [0.717, 1.165) is 33.8 Å². The molecule has 2 aliphatic rings. The second kappa shape index (κ2) is 6.52. The molecule has 5 nitrogen and oxygen atoms in total. The normalized spacial score (nSPS) is 17.2.